The number of benzene rings is 1. The van der Waals surface area contributed by atoms with Crippen molar-refractivity contribution in [3.05, 3.63) is 53.3 Å². The minimum absolute atomic E-state index is 0.672. The lowest BCUT2D eigenvalue weighted by Gasteiger charge is -2.33. The van der Waals surface area contributed by atoms with Crippen LogP contribution in [0.5, 0.6) is 0 Å². The zero-order valence-electron chi connectivity index (χ0n) is 15.5. The highest BCUT2D eigenvalue weighted by Crippen LogP contribution is 2.21. The van der Waals surface area contributed by atoms with Crippen molar-refractivity contribution >= 4 is 11.5 Å². The van der Waals surface area contributed by atoms with E-state index in [-0.39, 0.29) is 0 Å². The Morgan fingerprint density at radius 1 is 1.08 bits per heavy atom. The number of piperidine rings is 1. The molecule has 1 N–H and O–H groups in total. The van der Waals surface area contributed by atoms with E-state index in [1.165, 1.54) is 36.9 Å². The van der Waals surface area contributed by atoms with E-state index in [0.717, 1.165) is 30.4 Å². The molecule has 1 atom stereocenters. The van der Waals surface area contributed by atoms with Crippen molar-refractivity contribution in [2.45, 2.75) is 52.2 Å². The smallest absolute Gasteiger partial charge is 0.178 e. The molecule has 26 heavy (non-hydrogen) atoms. The first-order valence-electron chi connectivity index (χ1n) is 9.44. The number of fused-ring (bicyclic) bond motifs is 1. The van der Waals surface area contributed by atoms with Crippen molar-refractivity contribution in [2.24, 2.45) is 0 Å². The Kier molecular flexibility index (Phi) is 4.84. The zero-order valence-corrected chi connectivity index (χ0v) is 15.5. The van der Waals surface area contributed by atoms with Crippen LogP contribution in [-0.4, -0.2) is 37.3 Å². The molecule has 0 radical (unpaired) electrons. The molecule has 1 fully saturated rings. The van der Waals surface area contributed by atoms with Gasteiger partial charge in [-0.2, -0.15) is 4.52 Å². The van der Waals surface area contributed by atoms with Gasteiger partial charge >= 0.3 is 0 Å². The van der Waals surface area contributed by atoms with Crippen LogP contribution in [0.2, 0.25) is 0 Å². The Balaban J connectivity index is 1.48. The van der Waals surface area contributed by atoms with E-state index < -0.39 is 0 Å². The first-order chi connectivity index (χ1) is 12.7. The number of hydrogen-bond donors (Lipinski definition) is 1. The molecule has 2 aromatic heterocycles. The lowest BCUT2D eigenvalue weighted by atomic mass is 10.0. The van der Waals surface area contributed by atoms with Gasteiger partial charge in [-0.15, -0.1) is 15.3 Å². The maximum atomic E-state index is 4.58. The third kappa shape index (κ3) is 3.55. The number of hydrogen-bond acceptors (Lipinski definition) is 5. The molecule has 6 heteroatoms. The second-order valence-electron chi connectivity index (χ2n) is 7.17. The Bertz CT molecular complexity index is 887. The maximum Gasteiger partial charge on any atom is 0.178 e. The standard InChI is InChI=1S/C20H26N6/c1-15-7-5-6-12-25(15)14-18-9-4-3-8-17(18)13-21-19-10-11-20-23-22-16(2)26(20)24-19/h3-4,8-11,15H,5-7,12-14H2,1-2H3,(H,21,24). The Hall–Kier alpha value is -2.47. The fourth-order valence-corrected chi connectivity index (χ4v) is 3.67. The maximum absolute atomic E-state index is 4.58. The summed E-state index contributed by atoms with van der Waals surface area (Å²) in [6.45, 7) is 7.24. The molecule has 0 amide bonds. The van der Waals surface area contributed by atoms with E-state index in [0.29, 0.717) is 6.04 Å². The first kappa shape index (κ1) is 17.0. The summed E-state index contributed by atoms with van der Waals surface area (Å²) in [6, 6.07) is 13.3. The van der Waals surface area contributed by atoms with Crippen LogP contribution in [-0.2, 0) is 13.1 Å². The molecule has 0 spiro atoms. The number of likely N-dealkylation sites (tertiary alicyclic amines) is 1. The van der Waals surface area contributed by atoms with E-state index >= 15 is 0 Å². The SMILES string of the molecule is Cc1nnc2ccc(NCc3ccccc3CN3CCCCC3C)nn12. The molecule has 1 aromatic carbocycles. The number of aryl methyl sites for hydroxylation is 1. The van der Waals surface area contributed by atoms with Crippen molar-refractivity contribution in [2.75, 3.05) is 11.9 Å². The fraction of sp³-hybridized carbons (Fsp3) is 0.450. The van der Waals surface area contributed by atoms with Crippen LogP contribution in [0.3, 0.4) is 0 Å². The van der Waals surface area contributed by atoms with E-state index in [1.807, 2.05) is 19.1 Å². The predicted molar refractivity (Wildman–Crippen MR) is 103 cm³/mol. The van der Waals surface area contributed by atoms with Crippen molar-refractivity contribution in [3.63, 3.8) is 0 Å². The van der Waals surface area contributed by atoms with Crippen molar-refractivity contribution in [1.82, 2.24) is 24.7 Å². The molecule has 1 unspecified atom stereocenters. The number of anilines is 1. The quantitative estimate of drug-likeness (QED) is 0.764. The highest BCUT2D eigenvalue weighted by Gasteiger charge is 2.19. The largest absolute Gasteiger partial charge is 0.365 e. The molecule has 0 aliphatic carbocycles. The molecule has 0 bridgehead atoms. The summed E-state index contributed by atoms with van der Waals surface area (Å²) in [5.41, 5.74) is 3.50. The summed E-state index contributed by atoms with van der Waals surface area (Å²) in [6.07, 6.45) is 3.98. The van der Waals surface area contributed by atoms with Crippen LogP contribution in [0.15, 0.2) is 36.4 Å². The molecule has 3 aromatic rings. The molecule has 3 heterocycles. The second kappa shape index (κ2) is 7.41. The summed E-state index contributed by atoms with van der Waals surface area (Å²) < 4.78 is 1.77. The van der Waals surface area contributed by atoms with Gasteiger partial charge in [0.25, 0.3) is 0 Å². The zero-order chi connectivity index (χ0) is 17.9. The average Bonchev–Trinajstić information content (AvgIpc) is 3.03. The normalized spacial score (nSPS) is 18.3. The van der Waals surface area contributed by atoms with Crippen LogP contribution in [0.25, 0.3) is 5.65 Å². The van der Waals surface area contributed by atoms with Crippen LogP contribution in [0.4, 0.5) is 5.82 Å². The summed E-state index contributed by atoms with van der Waals surface area (Å²) in [4.78, 5) is 2.60. The van der Waals surface area contributed by atoms with Crippen LogP contribution in [0, 0.1) is 6.92 Å². The molecule has 1 aliphatic rings. The van der Waals surface area contributed by atoms with Crippen molar-refractivity contribution < 1.29 is 0 Å². The Morgan fingerprint density at radius 2 is 1.92 bits per heavy atom. The van der Waals surface area contributed by atoms with E-state index in [4.69, 9.17) is 0 Å². The summed E-state index contributed by atoms with van der Waals surface area (Å²) in [5, 5.41) is 16.2. The van der Waals surface area contributed by atoms with Gasteiger partial charge in [-0.05, 0) is 56.5 Å². The van der Waals surface area contributed by atoms with Crippen molar-refractivity contribution in [3.8, 4) is 0 Å². The minimum atomic E-state index is 0.672. The van der Waals surface area contributed by atoms with Gasteiger partial charge in [0.2, 0.25) is 0 Å². The molecule has 6 nitrogen and oxygen atoms in total. The first-order valence-corrected chi connectivity index (χ1v) is 9.44. The lowest BCUT2D eigenvalue weighted by molar-refractivity contribution is 0.152. The highest BCUT2D eigenvalue weighted by atomic mass is 15.4. The molecule has 1 saturated heterocycles. The fourth-order valence-electron chi connectivity index (χ4n) is 3.67. The molecule has 4 rings (SSSR count). The third-order valence-corrected chi connectivity index (χ3v) is 5.31. The van der Waals surface area contributed by atoms with E-state index in [9.17, 15) is 0 Å². The highest BCUT2D eigenvalue weighted by molar-refractivity contribution is 5.44. The van der Waals surface area contributed by atoms with Crippen molar-refractivity contribution in [1.29, 1.82) is 0 Å². The van der Waals surface area contributed by atoms with Gasteiger partial charge in [0.1, 0.15) is 5.82 Å². The second-order valence-corrected chi connectivity index (χ2v) is 7.17. The van der Waals surface area contributed by atoms with Gasteiger partial charge in [-0.1, -0.05) is 30.7 Å². The molecular weight excluding hydrogens is 324 g/mol. The monoisotopic (exact) mass is 350 g/mol. The average molecular weight is 350 g/mol. The summed E-state index contributed by atoms with van der Waals surface area (Å²) >= 11 is 0. The van der Waals surface area contributed by atoms with Gasteiger partial charge < -0.3 is 5.32 Å². The number of aromatic nitrogens is 4. The van der Waals surface area contributed by atoms with Gasteiger partial charge in [0.05, 0.1) is 0 Å². The van der Waals surface area contributed by atoms with Crippen LogP contribution >= 0.6 is 0 Å². The predicted octanol–water partition coefficient (Wildman–Crippen LogP) is 3.42. The van der Waals surface area contributed by atoms with Crippen LogP contribution in [0.1, 0.15) is 43.1 Å². The molecule has 0 saturated carbocycles. The Morgan fingerprint density at radius 3 is 2.77 bits per heavy atom. The third-order valence-electron chi connectivity index (χ3n) is 5.31. The van der Waals surface area contributed by atoms with Gasteiger partial charge in [0, 0.05) is 19.1 Å². The van der Waals surface area contributed by atoms with E-state index in [2.05, 4.69) is 56.7 Å². The van der Waals surface area contributed by atoms with Gasteiger partial charge in [-0.3, -0.25) is 4.90 Å². The molecule has 136 valence electrons. The Labute approximate surface area is 154 Å². The lowest BCUT2D eigenvalue weighted by Crippen LogP contribution is -2.37. The number of nitrogens with one attached hydrogen (secondary N) is 1. The summed E-state index contributed by atoms with van der Waals surface area (Å²) in [7, 11) is 0. The number of nitrogens with zero attached hydrogens (tertiary/aromatic N) is 5. The minimum Gasteiger partial charge on any atom is -0.365 e. The summed E-state index contributed by atoms with van der Waals surface area (Å²) in [5.74, 6) is 1.63. The molecular formula is C20H26N6. The van der Waals surface area contributed by atoms with Gasteiger partial charge in [-0.25, -0.2) is 0 Å². The van der Waals surface area contributed by atoms with E-state index in [1.54, 1.807) is 4.52 Å². The van der Waals surface area contributed by atoms with Crippen LogP contribution < -0.4 is 5.32 Å². The number of rotatable bonds is 5. The topological polar surface area (TPSA) is 58.4 Å². The molecule has 1 aliphatic heterocycles. The van der Waals surface area contributed by atoms with Gasteiger partial charge in [0.15, 0.2) is 11.5 Å².